The molecule has 1 fully saturated rings. The first-order valence-electron chi connectivity index (χ1n) is 8.33. The van der Waals surface area contributed by atoms with E-state index >= 15 is 0 Å². The van der Waals surface area contributed by atoms with Gasteiger partial charge in [0.05, 0.1) is 23.9 Å². The third-order valence-corrected chi connectivity index (χ3v) is 5.89. The van der Waals surface area contributed by atoms with Gasteiger partial charge in [-0.1, -0.05) is 29.8 Å². The van der Waals surface area contributed by atoms with Gasteiger partial charge in [0.2, 0.25) is 0 Å². The molecule has 0 unspecified atom stereocenters. The Morgan fingerprint density at radius 1 is 1.14 bits per heavy atom. The van der Waals surface area contributed by atoms with Crippen LogP contribution in [0.3, 0.4) is 0 Å². The Morgan fingerprint density at radius 2 is 2.00 bits per heavy atom. The Kier molecular flexibility index (Phi) is 5.76. The zero-order chi connectivity index (χ0) is 19.3. The van der Waals surface area contributed by atoms with Crippen molar-refractivity contribution in [3.8, 4) is 0 Å². The SMILES string of the molecule is O=C1/C(=C/c2cccs2)S/C(=N\N=C\c2ccc(Cl)cc2)N1Cc1ccco1. The number of furan rings is 1. The lowest BCUT2D eigenvalue weighted by molar-refractivity contribution is -0.122. The summed E-state index contributed by atoms with van der Waals surface area (Å²) in [6.45, 7) is 0.302. The van der Waals surface area contributed by atoms with Crippen LogP contribution in [0, 0.1) is 0 Å². The minimum absolute atomic E-state index is 0.116. The maximum Gasteiger partial charge on any atom is 0.267 e. The number of hydrogen-bond acceptors (Lipinski definition) is 6. The number of rotatable bonds is 5. The highest BCUT2D eigenvalue weighted by Gasteiger charge is 2.34. The number of halogens is 1. The molecule has 28 heavy (non-hydrogen) atoms. The quantitative estimate of drug-likeness (QED) is 0.307. The van der Waals surface area contributed by atoms with Crippen LogP contribution in [0.5, 0.6) is 0 Å². The van der Waals surface area contributed by atoms with E-state index in [1.54, 1.807) is 46.9 Å². The second-order valence-electron chi connectivity index (χ2n) is 5.78. The van der Waals surface area contributed by atoms with Crippen molar-refractivity contribution in [3.05, 3.63) is 86.3 Å². The minimum atomic E-state index is -0.116. The summed E-state index contributed by atoms with van der Waals surface area (Å²) in [5, 5.41) is 11.6. The largest absolute Gasteiger partial charge is 0.467 e. The summed E-state index contributed by atoms with van der Waals surface area (Å²) < 4.78 is 5.39. The van der Waals surface area contributed by atoms with E-state index in [-0.39, 0.29) is 5.91 Å². The van der Waals surface area contributed by atoms with Crippen molar-refractivity contribution < 1.29 is 9.21 Å². The maximum atomic E-state index is 12.9. The Bertz CT molecular complexity index is 1040. The molecule has 3 aromatic rings. The van der Waals surface area contributed by atoms with E-state index in [1.807, 2.05) is 41.8 Å². The molecule has 5 nitrogen and oxygen atoms in total. The van der Waals surface area contributed by atoms with E-state index < -0.39 is 0 Å². The topological polar surface area (TPSA) is 58.2 Å². The number of nitrogens with zero attached hydrogens (tertiary/aromatic N) is 3. The molecule has 0 radical (unpaired) electrons. The lowest BCUT2D eigenvalue weighted by Crippen LogP contribution is -2.28. The Hall–Kier alpha value is -2.61. The van der Waals surface area contributed by atoms with Crippen molar-refractivity contribution in [2.45, 2.75) is 6.54 Å². The molecule has 0 spiro atoms. The Balaban J connectivity index is 1.60. The van der Waals surface area contributed by atoms with Crippen LogP contribution in [0.15, 0.2) is 79.7 Å². The molecule has 1 amide bonds. The van der Waals surface area contributed by atoms with Crippen LogP contribution < -0.4 is 0 Å². The second kappa shape index (κ2) is 8.60. The Morgan fingerprint density at radius 3 is 2.71 bits per heavy atom. The van der Waals surface area contributed by atoms with E-state index in [2.05, 4.69) is 10.2 Å². The molecule has 4 rings (SSSR count). The van der Waals surface area contributed by atoms with Gasteiger partial charge in [0.1, 0.15) is 5.76 Å². The summed E-state index contributed by atoms with van der Waals surface area (Å²) in [4.78, 5) is 16.1. The first kappa shape index (κ1) is 18.7. The summed E-state index contributed by atoms with van der Waals surface area (Å²) in [5.41, 5.74) is 0.870. The molecule has 8 heteroatoms. The van der Waals surface area contributed by atoms with Crippen LogP contribution in [0.1, 0.15) is 16.2 Å². The smallest absolute Gasteiger partial charge is 0.267 e. The van der Waals surface area contributed by atoms with Crippen LogP contribution in [0.4, 0.5) is 0 Å². The Labute approximate surface area is 175 Å². The molecule has 0 aliphatic carbocycles. The van der Waals surface area contributed by atoms with Gasteiger partial charge in [-0.2, -0.15) is 5.10 Å². The van der Waals surface area contributed by atoms with Crippen LogP contribution in [0.2, 0.25) is 5.02 Å². The molecule has 1 aliphatic heterocycles. The van der Waals surface area contributed by atoms with Gasteiger partial charge in [0.25, 0.3) is 5.91 Å². The van der Waals surface area contributed by atoms with Gasteiger partial charge in [-0.25, -0.2) is 0 Å². The third kappa shape index (κ3) is 4.44. The summed E-state index contributed by atoms with van der Waals surface area (Å²) in [7, 11) is 0. The van der Waals surface area contributed by atoms with Crippen molar-refractivity contribution >= 4 is 58.1 Å². The number of thioether (sulfide) groups is 1. The second-order valence-corrected chi connectivity index (χ2v) is 8.20. The highest BCUT2D eigenvalue weighted by molar-refractivity contribution is 8.18. The molecule has 2 aromatic heterocycles. The summed E-state index contributed by atoms with van der Waals surface area (Å²) in [6, 6.07) is 14.8. The highest BCUT2D eigenvalue weighted by Crippen LogP contribution is 2.34. The lowest BCUT2D eigenvalue weighted by Gasteiger charge is -2.12. The van der Waals surface area contributed by atoms with E-state index in [4.69, 9.17) is 16.0 Å². The van der Waals surface area contributed by atoms with Gasteiger partial charge in [-0.3, -0.25) is 9.69 Å². The molecule has 1 aromatic carbocycles. The number of thiophene rings is 1. The summed E-state index contributed by atoms with van der Waals surface area (Å²) in [5.74, 6) is 0.566. The molecule has 3 heterocycles. The normalized spacial score (nSPS) is 17.5. The molecule has 0 atom stereocenters. The van der Waals surface area contributed by atoms with Crippen LogP contribution in [-0.2, 0) is 11.3 Å². The average molecular weight is 428 g/mol. The zero-order valence-corrected chi connectivity index (χ0v) is 16.9. The highest BCUT2D eigenvalue weighted by atomic mass is 35.5. The number of hydrogen-bond donors (Lipinski definition) is 0. The van der Waals surface area contributed by atoms with Crippen LogP contribution in [-0.4, -0.2) is 22.2 Å². The molecule has 1 aliphatic rings. The molecule has 0 saturated carbocycles. The minimum Gasteiger partial charge on any atom is -0.467 e. The predicted octanol–water partition coefficient (Wildman–Crippen LogP) is 5.50. The van der Waals surface area contributed by atoms with E-state index in [0.29, 0.717) is 27.4 Å². The first-order valence-corrected chi connectivity index (χ1v) is 10.4. The molecule has 1 saturated heterocycles. The predicted molar refractivity (Wildman–Crippen MR) is 116 cm³/mol. The molecule has 140 valence electrons. The number of carbonyl (C=O) groups excluding carboxylic acids is 1. The number of amides is 1. The van der Waals surface area contributed by atoms with E-state index in [1.165, 1.54) is 11.8 Å². The average Bonchev–Trinajstić information content (AvgIpc) is 3.44. The van der Waals surface area contributed by atoms with Crippen molar-refractivity contribution in [2.24, 2.45) is 10.2 Å². The molecular formula is C20H14ClN3O2S2. The van der Waals surface area contributed by atoms with Crippen LogP contribution in [0.25, 0.3) is 6.08 Å². The molecule has 0 bridgehead atoms. The van der Waals surface area contributed by atoms with Crippen molar-refractivity contribution in [3.63, 3.8) is 0 Å². The van der Waals surface area contributed by atoms with Gasteiger partial charge < -0.3 is 4.42 Å². The van der Waals surface area contributed by atoms with Gasteiger partial charge in [-0.05, 0) is 59.1 Å². The van der Waals surface area contributed by atoms with Crippen LogP contribution >= 0.6 is 34.7 Å². The maximum absolute atomic E-state index is 12.9. The van der Waals surface area contributed by atoms with Gasteiger partial charge >= 0.3 is 0 Å². The van der Waals surface area contributed by atoms with Gasteiger partial charge in [0.15, 0.2) is 5.17 Å². The molecular weight excluding hydrogens is 414 g/mol. The number of amidine groups is 1. The summed E-state index contributed by atoms with van der Waals surface area (Å²) in [6.07, 6.45) is 5.08. The van der Waals surface area contributed by atoms with E-state index in [0.717, 1.165) is 10.4 Å². The standard InChI is InChI=1S/C20H14ClN3O2S2/c21-15-7-5-14(6-8-15)12-22-23-20-24(13-16-3-1-9-26-16)19(25)18(28-20)11-17-4-2-10-27-17/h1-12H,13H2/b18-11-,22-12+,23-20-. The lowest BCUT2D eigenvalue weighted by atomic mass is 10.2. The van der Waals surface area contributed by atoms with Gasteiger partial charge in [-0.15, -0.1) is 16.4 Å². The van der Waals surface area contributed by atoms with E-state index in [9.17, 15) is 4.79 Å². The third-order valence-electron chi connectivity index (χ3n) is 3.82. The van der Waals surface area contributed by atoms with Crippen molar-refractivity contribution in [2.75, 3.05) is 0 Å². The van der Waals surface area contributed by atoms with Crippen molar-refractivity contribution in [1.82, 2.24) is 4.90 Å². The fourth-order valence-electron chi connectivity index (χ4n) is 2.48. The fraction of sp³-hybridized carbons (Fsp3) is 0.0500. The van der Waals surface area contributed by atoms with Gasteiger partial charge in [0, 0.05) is 9.90 Å². The van der Waals surface area contributed by atoms with Crippen molar-refractivity contribution in [1.29, 1.82) is 0 Å². The monoisotopic (exact) mass is 427 g/mol. The number of benzene rings is 1. The fourth-order valence-corrected chi connectivity index (χ4v) is 4.26. The summed E-state index contributed by atoms with van der Waals surface area (Å²) >= 11 is 8.77. The first-order chi connectivity index (χ1) is 13.7. The molecule has 0 N–H and O–H groups in total. The zero-order valence-electron chi connectivity index (χ0n) is 14.5. The number of carbonyl (C=O) groups is 1.